The van der Waals surface area contributed by atoms with Crippen LogP contribution in [-0.4, -0.2) is 30.2 Å². The summed E-state index contributed by atoms with van der Waals surface area (Å²) >= 11 is 0. The summed E-state index contributed by atoms with van der Waals surface area (Å²) in [6.45, 7) is 7.70. The first-order chi connectivity index (χ1) is 8.09. The summed E-state index contributed by atoms with van der Waals surface area (Å²) in [4.78, 5) is 6.54. The van der Waals surface area contributed by atoms with Crippen LogP contribution in [0.25, 0.3) is 0 Å². The number of fused-ring (bicyclic) bond motifs is 1. The summed E-state index contributed by atoms with van der Waals surface area (Å²) in [6, 6.07) is 3.27. The Bertz CT molecular complexity index is 415. The highest BCUT2D eigenvalue weighted by Gasteiger charge is 2.49. The van der Waals surface area contributed by atoms with E-state index in [2.05, 4.69) is 29.0 Å². The van der Waals surface area contributed by atoms with E-state index in [4.69, 9.17) is 0 Å². The molecule has 2 unspecified atom stereocenters. The van der Waals surface area contributed by atoms with Gasteiger partial charge >= 0.3 is 0 Å². The van der Waals surface area contributed by atoms with Crippen LogP contribution in [0.5, 0.6) is 0 Å². The van der Waals surface area contributed by atoms with Crippen molar-refractivity contribution >= 4 is 5.82 Å². The summed E-state index contributed by atoms with van der Waals surface area (Å²) in [5, 5.41) is 3.45. The van der Waals surface area contributed by atoms with Crippen LogP contribution < -0.4 is 10.2 Å². The third-order valence-electron chi connectivity index (χ3n) is 4.35. The van der Waals surface area contributed by atoms with Crippen LogP contribution in [0.3, 0.4) is 0 Å². The Balaban J connectivity index is 1.91. The van der Waals surface area contributed by atoms with Crippen molar-refractivity contribution in [2.24, 2.45) is 11.8 Å². The highest BCUT2D eigenvalue weighted by atomic mass is 19.1. The summed E-state index contributed by atoms with van der Waals surface area (Å²) in [5.74, 6) is 1.98. The van der Waals surface area contributed by atoms with Gasteiger partial charge < -0.3 is 10.2 Å². The van der Waals surface area contributed by atoms with E-state index in [1.165, 1.54) is 12.3 Å². The van der Waals surface area contributed by atoms with Gasteiger partial charge in [-0.2, -0.15) is 0 Å². The van der Waals surface area contributed by atoms with E-state index < -0.39 is 0 Å². The third-order valence-corrected chi connectivity index (χ3v) is 4.35. The van der Waals surface area contributed by atoms with E-state index in [0.29, 0.717) is 11.8 Å². The maximum atomic E-state index is 12.9. The smallest absolute Gasteiger partial charge is 0.141 e. The minimum absolute atomic E-state index is 0.0962. The zero-order chi connectivity index (χ0) is 12.0. The SMILES string of the molecule is CC1(C)C2CNCC2CN1c1ccc(F)cn1. The molecule has 0 aromatic carbocycles. The van der Waals surface area contributed by atoms with Gasteiger partial charge in [0, 0.05) is 25.2 Å². The summed E-state index contributed by atoms with van der Waals surface area (Å²) in [7, 11) is 0. The van der Waals surface area contributed by atoms with Gasteiger partial charge in [-0.25, -0.2) is 9.37 Å². The summed E-state index contributed by atoms with van der Waals surface area (Å²) in [5.41, 5.74) is 0.0962. The molecule has 2 aliphatic heterocycles. The van der Waals surface area contributed by atoms with Gasteiger partial charge in [-0.15, -0.1) is 0 Å². The molecule has 0 bridgehead atoms. The minimum Gasteiger partial charge on any atom is -0.351 e. The summed E-state index contributed by atoms with van der Waals surface area (Å²) in [6.07, 6.45) is 1.30. The molecule has 3 nitrogen and oxygen atoms in total. The molecule has 2 atom stereocenters. The number of aromatic nitrogens is 1. The highest BCUT2D eigenvalue weighted by molar-refractivity contribution is 5.44. The van der Waals surface area contributed by atoms with Crippen molar-refractivity contribution in [1.82, 2.24) is 10.3 Å². The second-order valence-corrected chi connectivity index (χ2v) is 5.62. The Hall–Kier alpha value is -1.16. The van der Waals surface area contributed by atoms with Crippen LogP contribution in [0.15, 0.2) is 18.3 Å². The normalized spacial score (nSPS) is 30.6. The average molecular weight is 235 g/mol. The van der Waals surface area contributed by atoms with Gasteiger partial charge in [0.2, 0.25) is 0 Å². The fourth-order valence-electron chi connectivity index (χ4n) is 3.34. The molecule has 3 rings (SSSR count). The molecule has 2 aliphatic rings. The van der Waals surface area contributed by atoms with Crippen molar-refractivity contribution in [2.75, 3.05) is 24.5 Å². The zero-order valence-corrected chi connectivity index (χ0v) is 10.3. The molecule has 2 fully saturated rings. The second kappa shape index (κ2) is 3.67. The lowest BCUT2D eigenvalue weighted by atomic mass is 9.85. The van der Waals surface area contributed by atoms with Crippen LogP contribution in [0, 0.1) is 17.7 Å². The molecule has 3 heterocycles. The number of hydrogen-bond donors (Lipinski definition) is 1. The number of pyridine rings is 1. The van der Waals surface area contributed by atoms with Gasteiger partial charge in [0.05, 0.1) is 6.20 Å². The number of hydrogen-bond acceptors (Lipinski definition) is 3. The molecule has 0 amide bonds. The number of anilines is 1. The van der Waals surface area contributed by atoms with Crippen LogP contribution in [0.1, 0.15) is 13.8 Å². The van der Waals surface area contributed by atoms with Crippen LogP contribution in [0.2, 0.25) is 0 Å². The number of halogens is 1. The van der Waals surface area contributed by atoms with Gasteiger partial charge in [-0.3, -0.25) is 0 Å². The van der Waals surface area contributed by atoms with Gasteiger partial charge in [-0.05, 0) is 37.8 Å². The fourth-order valence-corrected chi connectivity index (χ4v) is 3.34. The van der Waals surface area contributed by atoms with E-state index in [1.54, 1.807) is 6.07 Å². The molecule has 1 N–H and O–H groups in total. The van der Waals surface area contributed by atoms with Gasteiger partial charge in [0.15, 0.2) is 0 Å². The van der Waals surface area contributed by atoms with Crippen molar-refractivity contribution in [3.8, 4) is 0 Å². The molecule has 4 heteroatoms. The maximum absolute atomic E-state index is 12.9. The third kappa shape index (κ3) is 1.62. The van der Waals surface area contributed by atoms with E-state index in [1.807, 2.05) is 0 Å². The first-order valence-corrected chi connectivity index (χ1v) is 6.19. The second-order valence-electron chi connectivity index (χ2n) is 5.62. The molecule has 0 aliphatic carbocycles. The topological polar surface area (TPSA) is 28.2 Å². The Morgan fingerprint density at radius 1 is 1.41 bits per heavy atom. The van der Waals surface area contributed by atoms with Crippen molar-refractivity contribution in [3.05, 3.63) is 24.1 Å². The number of nitrogens with one attached hydrogen (secondary N) is 1. The predicted octanol–water partition coefficient (Wildman–Crippen LogP) is 1.65. The predicted molar refractivity (Wildman–Crippen MR) is 65.5 cm³/mol. The first-order valence-electron chi connectivity index (χ1n) is 6.19. The molecule has 17 heavy (non-hydrogen) atoms. The molecule has 0 radical (unpaired) electrons. The zero-order valence-electron chi connectivity index (χ0n) is 10.3. The molecule has 1 aromatic heterocycles. The molecular formula is C13H18FN3. The van der Waals surface area contributed by atoms with E-state index in [9.17, 15) is 4.39 Å². The van der Waals surface area contributed by atoms with Crippen LogP contribution in [0.4, 0.5) is 10.2 Å². The largest absolute Gasteiger partial charge is 0.351 e. The highest BCUT2D eigenvalue weighted by Crippen LogP contribution is 2.42. The van der Waals surface area contributed by atoms with Crippen LogP contribution in [-0.2, 0) is 0 Å². The first kappa shape index (κ1) is 11.0. The summed E-state index contributed by atoms with van der Waals surface area (Å²) < 4.78 is 12.9. The lowest BCUT2D eigenvalue weighted by molar-refractivity contribution is 0.356. The standard InChI is InChI=1S/C13H18FN3/c1-13(2)11-7-15-5-9(11)8-17(13)12-4-3-10(14)6-16-12/h3-4,6,9,11,15H,5,7-8H2,1-2H3. The Kier molecular flexibility index (Phi) is 2.36. The molecule has 92 valence electrons. The number of rotatable bonds is 1. The van der Waals surface area contributed by atoms with Crippen molar-refractivity contribution in [2.45, 2.75) is 19.4 Å². The fraction of sp³-hybridized carbons (Fsp3) is 0.615. The van der Waals surface area contributed by atoms with E-state index in [0.717, 1.165) is 25.5 Å². The van der Waals surface area contributed by atoms with Crippen molar-refractivity contribution in [3.63, 3.8) is 0 Å². The average Bonchev–Trinajstić information content (AvgIpc) is 2.83. The van der Waals surface area contributed by atoms with Gasteiger partial charge in [-0.1, -0.05) is 0 Å². The molecule has 0 spiro atoms. The van der Waals surface area contributed by atoms with Gasteiger partial charge in [0.1, 0.15) is 11.6 Å². The lowest BCUT2D eigenvalue weighted by Gasteiger charge is -2.36. The van der Waals surface area contributed by atoms with Crippen molar-refractivity contribution in [1.29, 1.82) is 0 Å². The molecule has 0 saturated carbocycles. The van der Waals surface area contributed by atoms with Crippen molar-refractivity contribution < 1.29 is 4.39 Å². The maximum Gasteiger partial charge on any atom is 0.141 e. The molecular weight excluding hydrogens is 217 g/mol. The van der Waals surface area contributed by atoms with Crippen LogP contribution >= 0.6 is 0 Å². The van der Waals surface area contributed by atoms with E-state index >= 15 is 0 Å². The molecule has 2 saturated heterocycles. The van der Waals surface area contributed by atoms with E-state index in [-0.39, 0.29) is 11.4 Å². The Labute approximate surface area is 101 Å². The molecule has 1 aromatic rings. The number of nitrogens with zero attached hydrogens (tertiary/aromatic N) is 2. The Morgan fingerprint density at radius 3 is 2.88 bits per heavy atom. The quantitative estimate of drug-likeness (QED) is 0.802. The lowest BCUT2D eigenvalue weighted by Crippen LogP contribution is -2.45. The van der Waals surface area contributed by atoms with Gasteiger partial charge in [0.25, 0.3) is 0 Å². The monoisotopic (exact) mass is 235 g/mol. The minimum atomic E-state index is -0.271. The Morgan fingerprint density at radius 2 is 2.24 bits per heavy atom.